The second kappa shape index (κ2) is 5.52. The molecule has 0 aliphatic carbocycles. The molecule has 1 amide bonds. The lowest BCUT2D eigenvalue weighted by Crippen LogP contribution is -2.47. The monoisotopic (exact) mass is 351 g/mol. The third-order valence-electron chi connectivity index (χ3n) is 3.61. The standard InChI is InChI=1S/C15H14ClN3O3S/c1-9-18-13-8-12(16)14(23(17,21)22)7-11(13)15(20)19(9)10-5-3-2-4-6-10/h2-9,18H,1H3,(H2,17,21,22). The van der Waals surface area contributed by atoms with Crippen LogP contribution in [0.2, 0.25) is 5.02 Å². The number of carbonyl (C=O) groups excluding carboxylic acids is 1. The molecule has 2 aromatic rings. The zero-order valence-corrected chi connectivity index (χ0v) is 13.7. The quantitative estimate of drug-likeness (QED) is 0.868. The number of amides is 1. The zero-order chi connectivity index (χ0) is 16.8. The highest BCUT2D eigenvalue weighted by Crippen LogP contribution is 2.34. The van der Waals surface area contributed by atoms with Crippen molar-refractivity contribution in [3.63, 3.8) is 0 Å². The van der Waals surface area contributed by atoms with E-state index in [4.69, 9.17) is 16.7 Å². The molecule has 1 aliphatic heterocycles. The van der Waals surface area contributed by atoms with E-state index in [2.05, 4.69) is 5.32 Å². The molecule has 23 heavy (non-hydrogen) atoms. The van der Waals surface area contributed by atoms with Crippen molar-refractivity contribution in [2.24, 2.45) is 5.14 Å². The maximum atomic E-state index is 12.8. The molecule has 0 spiro atoms. The first-order valence-electron chi connectivity index (χ1n) is 6.80. The number of nitrogens with zero attached hydrogens (tertiary/aromatic N) is 1. The van der Waals surface area contributed by atoms with Gasteiger partial charge in [-0.2, -0.15) is 0 Å². The minimum absolute atomic E-state index is 0.0214. The maximum Gasteiger partial charge on any atom is 0.262 e. The molecule has 1 unspecified atom stereocenters. The van der Waals surface area contributed by atoms with Gasteiger partial charge in [0.1, 0.15) is 11.1 Å². The average Bonchev–Trinajstić information content (AvgIpc) is 2.46. The molecular weight excluding hydrogens is 338 g/mol. The highest BCUT2D eigenvalue weighted by molar-refractivity contribution is 7.89. The molecule has 0 saturated heterocycles. The van der Waals surface area contributed by atoms with Gasteiger partial charge in [0.05, 0.1) is 16.3 Å². The topological polar surface area (TPSA) is 92.5 Å². The number of nitrogens with two attached hydrogens (primary N) is 1. The number of hydrogen-bond donors (Lipinski definition) is 2. The Balaban J connectivity index is 2.15. The van der Waals surface area contributed by atoms with E-state index in [1.165, 1.54) is 12.1 Å². The second-order valence-corrected chi connectivity index (χ2v) is 7.14. The normalized spacial score (nSPS) is 17.6. The van der Waals surface area contributed by atoms with E-state index in [1.54, 1.807) is 17.0 Å². The Morgan fingerprint density at radius 2 is 1.87 bits per heavy atom. The highest BCUT2D eigenvalue weighted by atomic mass is 35.5. The maximum absolute atomic E-state index is 12.8. The van der Waals surface area contributed by atoms with E-state index >= 15 is 0 Å². The van der Waals surface area contributed by atoms with Crippen molar-refractivity contribution in [3.05, 3.63) is 53.1 Å². The van der Waals surface area contributed by atoms with Crippen LogP contribution in [0.25, 0.3) is 0 Å². The van der Waals surface area contributed by atoms with Crippen LogP contribution in [0.15, 0.2) is 47.4 Å². The lowest BCUT2D eigenvalue weighted by molar-refractivity contribution is 0.0977. The van der Waals surface area contributed by atoms with Gasteiger partial charge in [0, 0.05) is 5.69 Å². The molecule has 120 valence electrons. The molecule has 1 atom stereocenters. The molecule has 3 N–H and O–H groups in total. The molecule has 0 fully saturated rings. The highest BCUT2D eigenvalue weighted by Gasteiger charge is 2.32. The number of fused-ring (bicyclic) bond motifs is 1. The van der Waals surface area contributed by atoms with E-state index in [0.29, 0.717) is 11.4 Å². The number of hydrogen-bond acceptors (Lipinski definition) is 4. The number of para-hydroxylation sites is 1. The molecule has 0 bridgehead atoms. The van der Waals surface area contributed by atoms with Crippen molar-refractivity contribution in [1.82, 2.24) is 0 Å². The number of sulfonamides is 1. The summed E-state index contributed by atoms with van der Waals surface area (Å²) in [4.78, 5) is 14.1. The predicted octanol–water partition coefficient (Wildman–Crippen LogP) is 2.41. The predicted molar refractivity (Wildman–Crippen MR) is 89.2 cm³/mol. The van der Waals surface area contributed by atoms with Gasteiger partial charge in [-0.15, -0.1) is 0 Å². The van der Waals surface area contributed by atoms with E-state index in [1.807, 2.05) is 25.1 Å². The fraction of sp³-hybridized carbons (Fsp3) is 0.133. The van der Waals surface area contributed by atoms with Gasteiger partial charge in [-0.25, -0.2) is 13.6 Å². The van der Waals surface area contributed by atoms with Crippen molar-refractivity contribution in [1.29, 1.82) is 0 Å². The van der Waals surface area contributed by atoms with Crippen molar-refractivity contribution in [2.75, 3.05) is 10.2 Å². The number of primary sulfonamides is 1. The third kappa shape index (κ3) is 2.78. The fourth-order valence-corrected chi connectivity index (χ4v) is 3.69. The molecule has 8 heteroatoms. The Hall–Kier alpha value is -2.09. The van der Waals surface area contributed by atoms with Gasteiger partial charge in [-0.3, -0.25) is 9.69 Å². The summed E-state index contributed by atoms with van der Waals surface area (Å²) >= 11 is 5.97. The summed E-state index contributed by atoms with van der Waals surface area (Å²) in [7, 11) is -4.02. The zero-order valence-electron chi connectivity index (χ0n) is 12.2. The first kappa shape index (κ1) is 15.8. The third-order valence-corrected chi connectivity index (χ3v) is 4.99. The molecule has 1 aliphatic rings. The molecule has 0 saturated carbocycles. The molecule has 3 rings (SSSR count). The molecule has 0 radical (unpaired) electrons. The summed E-state index contributed by atoms with van der Waals surface area (Å²) in [6.45, 7) is 1.83. The lowest BCUT2D eigenvalue weighted by atomic mass is 10.1. The summed E-state index contributed by atoms with van der Waals surface area (Å²) in [5, 5.41) is 8.27. The smallest absolute Gasteiger partial charge is 0.262 e. The molecular formula is C15H14ClN3O3S. The molecule has 6 nitrogen and oxygen atoms in total. The Labute approximate surface area is 138 Å². The average molecular weight is 352 g/mol. The number of carbonyl (C=O) groups is 1. The van der Waals surface area contributed by atoms with Gasteiger partial charge in [0.15, 0.2) is 0 Å². The summed E-state index contributed by atoms with van der Waals surface area (Å²) in [6, 6.07) is 11.7. The number of anilines is 2. The van der Waals surface area contributed by atoms with E-state index in [0.717, 1.165) is 0 Å². The van der Waals surface area contributed by atoms with Crippen molar-refractivity contribution < 1.29 is 13.2 Å². The summed E-state index contributed by atoms with van der Waals surface area (Å²) in [5.41, 5.74) is 1.39. The first-order chi connectivity index (χ1) is 10.8. The van der Waals surface area contributed by atoms with E-state index < -0.39 is 10.0 Å². The van der Waals surface area contributed by atoms with Gasteiger partial charge in [-0.05, 0) is 31.2 Å². The van der Waals surface area contributed by atoms with Crippen molar-refractivity contribution >= 4 is 38.9 Å². The first-order valence-corrected chi connectivity index (χ1v) is 8.73. The lowest BCUT2D eigenvalue weighted by Gasteiger charge is -2.36. The minimum atomic E-state index is -4.02. The minimum Gasteiger partial charge on any atom is -0.364 e. The van der Waals surface area contributed by atoms with E-state index in [9.17, 15) is 13.2 Å². The van der Waals surface area contributed by atoms with Crippen LogP contribution in [0.3, 0.4) is 0 Å². The SMILES string of the molecule is CC1Nc2cc(Cl)c(S(N)(=O)=O)cc2C(=O)N1c1ccccc1. The van der Waals surface area contributed by atoms with Crippen LogP contribution in [-0.2, 0) is 10.0 Å². The Morgan fingerprint density at radius 3 is 2.48 bits per heavy atom. The molecule has 0 aromatic heterocycles. The van der Waals surface area contributed by atoms with Gasteiger partial charge in [-0.1, -0.05) is 29.8 Å². The van der Waals surface area contributed by atoms with E-state index in [-0.39, 0.29) is 27.6 Å². The van der Waals surface area contributed by atoms with Crippen molar-refractivity contribution in [2.45, 2.75) is 18.0 Å². The van der Waals surface area contributed by atoms with Crippen LogP contribution in [0.1, 0.15) is 17.3 Å². The van der Waals surface area contributed by atoms with Crippen molar-refractivity contribution in [3.8, 4) is 0 Å². The number of nitrogens with one attached hydrogen (secondary N) is 1. The Morgan fingerprint density at radius 1 is 1.22 bits per heavy atom. The molecule has 2 aromatic carbocycles. The number of benzene rings is 2. The van der Waals surface area contributed by atoms with Gasteiger partial charge in [0.25, 0.3) is 5.91 Å². The second-order valence-electron chi connectivity index (χ2n) is 5.20. The van der Waals surface area contributed by atoms with Crippen LogP contribution in [-0.4, -0.2) is 20.5 Å². The summed E-state index contributed by atoms with van der Waals surface area (Å²) in [5.74, 6) is -0.320. The van der Waals surface area contributed by atoms with Crippen LogP contribution in [0.5, 0.6) is 0 Å². The van der Waals surface area contributed by atoms with Gasteiger partial charge < -0.3 is 5.32 Å². The number of rotatable bonds is 2. The van der Waals surface area contributed by atoms with Crippen LogP contribution in [0.4, 0.5) is 11.4 Å². The van der Waals surface area contributed by atoms with Crippen LogP contribution >= 0.6 is 11.6 Å². The summed E-state index contributed by atoms with van der Waals surface area (Å²) in [6.07, 6.45) is -0.311. The van der Waals surface area contributed by atoms with Crippen LogP contribution in [0, 0.1) is 0 Å². The largest absolute Gasteiger partial charge is 0.364 e. The van der Waals surface area contributed by atoms with Gasteiger partial charge >= 0.3 is 0 Å². The molecule has 1 heterocycles. The van der Waals surface area contributed by atoms with Gasteiger partial charge in [0.2, 0.25) is 10.0 Å². The Bertz CT molecular complexity index is 884. The number of halogens is 1. The Kier molecular flexibility index (Phi) is 3.79. The summed E-state index contributed by atoms with van der Waals surface area (Å²) < 4.78 is 23.2. The van der Waals surface area contributed by atoms with Crippen LogP contribution < -0.4 is 15.4 Å². The fourth-order valence-electron chi connectivity index (χ4n) is 2.59.